The molecule has 0 amide bonds. The molecule has 0 aromatic carbocycles. The molecule has 0 aliphatic heterocycles. The van der Waals surface area contributed by atoms with Crippen LogP contribution in [0.3, 0.4) is 0 Å². The standard InChI is InChI=1S/C13H18F3N/c14-13(15,16)11-6-10(7-12(17)8-11)5-9-3-1-2-4-9/h5,7,11-12H,1-4,6,8,17H2. The first-order valence-electron chi connectivity index (χ1n) is 6.17. The van der Waals surface area contributed by atoms with Crippen LogP contribution in [0.4, 0.5) is 13.2 Å². The van der Waals surface area contributed by atoms with Crippen molar-refractivity contribution in [3.63, 3.8) is 0 Å². The van der Waals surface area contributed by atoms with Crippen LogP contribution in [0.25, 0.3) is 0 Å². The zero-order valence-corrected chi connectivity index (χ0v) is 9.76. The highest BCUT2D eigenvalue weighted by Crippen LogP contribution is 2.38. The number of nitrogens with two attached hydrogens (primary N) is 1. The summed E-state index contributed by atoms with van der Waals surface area (Å²) in [6, 6.07) is -0.455. The van der Waals surface area contributed by atoms with E-state index in [0.29, 0.717) is 0 Å². The minimum absolute atomic E-state index is 0.0240. The molecule has 2 rings (SSSR count). The molecule has 96 valence electrons. The van der Waals surface area contributed by atoms with E-state index in [4.69, 9.17) is 5.73 Å². The lowest BCUT2D eigenvalue weighted by Crippen LogP contribution is -2.33. The summed E-state index contributed by atoms with van der Waals surface area (Å²) in [5, 5.41) is 0. The topological polar surface area (TPSA) is 26.0 Å². The number of hydrogen-bond donors (Lipinski definition) is 1. The highest BCUT2D eigenvalue weighted by molar-refractivity contribution is 5.29. The monoisotopic (exact) mass is 245 g/mol. The van der Waals surface area contributed by atoms with E-state index in [-0.39, 0.29) is 12.8 Å². The Morgan fingerprint density at radius 3 is 2.47 bits per heavy atom. The summed E-state index contributed by atoms with van der Waals surface area (Å²) < 4.78 is 38.1. The van der Waals surface area contributed by atoms with Gasteiger partial charge in [-0.2, -0.15) is 13.2 Å². The van der Waals surface area contributed by atoms with Gasteiger partial charge in [-0.05, 0) is 44.1 Å². The molecule has 1 nitrogen and oxygen atoms in total. The lowest BCUT2D eigenvalue weighted by atomic mass is 9.85. The van der Waals surface area contributed by atoms with Gasteiger partial charge < -0.3 is 5.73 Å². The molecule has 0 heterocycles. The molecule has 0 aromatic rings. The predicted octanol–water partition coefficient (Wildman–Crippen LogP) is 3.71. The average molecular weight is 245 g/mol. The van der Waals surface area contributed by atoms with E-state index in [9.17, 15) is 13.2 Å². The van der Waals surface area contributed by atoms with Gasteiger partial charge in [0.1, 0.15) is 0 Å². The minimum atomic E-state index is -4.12. The summed E-state index contributed by atoms with van der Waals surface area (Å²) in [5.74, 6) is -1.27. The van der Waals surface area contributed by atoms with Crippen molar-refractivity contribution in [3.8, 4) is 0 Å². The summed E-state index contributed by atoms with van der Waals surface area (Å²) in [5.41, 5.74) is 7.74. The maximum Gasteiger partial charge on any atom is 0.392 e. The van der Waals surface area contributed by atoms with Gasteiger partial charge in [0.05, 0.1) is 5.92 Å². The van der Waals surface area contributed by atoms with Gasteiger partial charge in [-0.25, -0.2) is 0 Å². The summed E-state index contributed by atoms with van der Waals surface area (Å²) in [4.78, 5) is 0. The van der Waals surface area contributed by atoms with Crippen molar-refractivity contribution >= 4 is 0 Å². The van der Waals surface area contributed by atoms with Gasteiger partial charge >= 0.3 is 6.18 Å². The Morgan fingerprint density at radius 2 is 1.88 bits per heavy atom. The first-order valence-corrected chi connectivity index (χ1v) is 6.17. The minimum Gasteiger partial charge on any atom is -0.324 e. The largest absolute Gasteiger partial charge is 0.392 e. The zero-order chi connectivity index (χ0) is 12.5. The Labute approximate surface area is 99.6 Å². The second-order valence-corrected chi connectivity index (χ2v) is 5.09. The zero-order valence-electron chi connectivity index (χ0n) is 9.76. The lowest BCUT2D eigenvalue weighted by Gasteiger charge is -2.27. The molecular formula is C13H18F3N. The summed E-state index contributed by atoms with van der Waals surface area (Å²) in [7, 11) is 0. The Kier molecular flexibility index (Phi) is 3.61. The summed E-state index contributed by atoms with van der Waals surface area (Å²) in [6.07, 6.45) is 4.13. The summed E-state index contributed by atoms with van der Waals surface area (Å²) in [6.45, 7) is 0. The maximum absolute atomic E-state index is 12.7. The number of rotatable bonds is 1. The van der Waals surface area contributed by atoms with Gasteiger partial charge in [0.25, 0.3) is 0 Å². The average Bonchev–Trinajstić information content (AvgIpc) is 2.68. The van der Waals surface area contributed by atoms with E-state index in [1.54, 1.807) is 6.08 Å². The Bertz CT molecular complexity index is 333. The molecule has 2 atom stereocenters. The second kappa shape index (κ2) is 4.84. The first-order chi connectivity index (χ1) is 7.95. The van der Waals surface area contributed by atoms with Crippen LogP contribution in [-0.4, -0.2) is 12.2 Å². The van der Waals surface area contributed by atoms with E-state index >= 15 is 0 Å². The lowest BCUT2D eigenvalue weighted by molar-refractivity contribution is -0.177. The van der Waals surface area contributed by atoms with Crippen LogP contribution < -0.4 is 5.73 Å². The van der Waals surface area contributed by atoms with Crippen molar-refractivity contribution in [1.29, 1.82) is 0 Å². The van der Waals surface area contributed by atoms with Crippen LogP contribution in [-0.2, 0) is 0 Å². The molecule has 1 saturated carbocycles. The molecule has 2 unspecified atom stereocenters. The van der Waals surface area contributed by atoms with E-state index in [2.05, 4.69) is 0 Å². The van der Waals surface area contributed by atoms with E-state index < -0.39 is 18.1 Å². The van der Waals surface area contributed by atoms with Gasteiger partial charge in [-0.3, -0.25) is 0 Å². The highest BCUT2D eigenvalue weighted by atomic mass is 19.4. The van der Waals surface area contributed by atoms with Crippen molar-refractivity contribution < 1.29 is 13.2 Å². The molecule has 1 fully saturated rings. The Hall–Kier alpha value is -0.770. The molecule has 0 spiro atoms. The molecular weight excluding hydrogens is 227 g/mol. The Morgan fingerprint density at radius 1 is 1.24 bits per heavy atom. The van der Waals surface area contributed by atoms with Gasteiger partial charge in [0.15, 0.2) is 0 Å². The van der Waals surface area contributed by atoms with Gasteiger partial charge in [0, 0.05) is 6.04 Å². The highest BCUT2D eigenvalue weighted by Gasteiger charge is 2.41. The fourth-order valence-electron chi connectivity index (χ4n) is 2.70. The number of halogens is 3. The van der Waals surface area contributed by atoms with Crippen molar-refractivity contribution in [3.05, 3.63) is 23.3 Å². The smallest absolute Gasteiger partial charge is 0.324 e. The fraction of sp³-hybridized carbons (Fsp3) is 0.692. The third-order valence-electron chi connectivity index (χ3n) is 3.57. The van der Waals surface area contributed by atoms with Crippen molar-refractivity contribution in [1.82, 2.24) is 0 Å². The maximum atomic E-state index is 12.7. The molecule has 2 N–H and O–H groups in total. The van der Waals surface area contributed by atoms with Crippen LogP contribution in [0.5, 0.6) is 0 Å². The predicted molar refractivity (Wildman–Crippen MR) is 61.4 cm³/mol. The number of alkyl halides is 3. The normalized spacial score (nSPS) is 30.4. The molecule has 2 aliphatic carbocycles. The van der Waals surface area contributed by atoms with Crippen molar-refractivity contribution in [2.45, 2.75) is 50.7 Å². The van der Waals surface area contributed by atoms with E-state index in [1.807, 2.05) is 6.08 Å². The van der Waals surface area contributed by atoms with Gasteiger partial charge in [-0.15, -0.1) is 0 Å². The van der Waals surface area contributed by atoms with Gasteiger partial charge in [-0.1, -0.05) is 17.7 Å². The molecule has 4 heteroatoms. The third-order valence-corrected chi connectivity index (χ3v) is 3.57. The SMILES string of the molecule is NC1C=C(C=C2CCCC2)CC(C(F)(F)F)C1. The first kappa shape index (κ1) is 12.7. The Balaban J connectivity index is 2.09. The van der Waals surface area contributed by atoms with Crippen molar-refractivity contribution in [2.75, 3.05) is 0 Å². The molecule has 0 saturated heterocycles. The second-order valence-electron chi connectivity index (χ2n) is 5.09. The van der Waals surface area contributed by atoms with Crippen LogP contribution >= 0.6 is 0 Å². The van der Waals surface area contributed by atoms with Crippen LogP contribution in [0.15, 0.2) is 23.3 Å². The van der Waals surface area contributed by atoms with E-state index in [0.717, 1.165) is 31.3 Å². The quantitative estimate of drug-likeness (QED) is 0.748. The summed E-state index contributed by atoms with van der Waals surface area (Å²) >= 11 is 0. The van der Waals surface area contributed by atoms with E-state index in [1.165, 1.54) is 5.57 Å². The molecule has 0 bridgehead atoms. The number of allylic oxidation sites excluding steroid dienone is 3. The fourth-order valence-corrected chi connectivity index (χ4v) is 2.70. The van der Waals surface area contributed by atoms with Gasteiger partial charge in [0.2, 0.25) is 0 Å². The van der Waals surface area contributed by atoms with Crippen LogP contribution in [0, 0.1) is 5.92 Å². The molecule has 0 aromatic heterocycles. The van der Waals surface area contributed by atoms with Crippen molar-refractivity contribution in [2.24, 2.45) is 11.7 Å². The third kappa shape index (κ3) is 3.35. The van der Waals surface area contributed by atoms with Crippen LogP contribution in [0.2, 0.25) is 0 Å². The molecule has 2 aliphatic rings. The number of hydrogen-bond acceptors (Lipinski definition) is 1. The molecule has 0 radical (unpaired) electrons. The molecule has 17 heavy (non-hydrogen) atoms. The van der Waals surface area contributed by atoms with Crippen LogP contribution in [0.1, 0.15) is 38.5 Å².